The molecule has 0 unspecified atom stereocenters. The minimum absolute atomic E-state index is 0.0263. The van der Waals surface area contributed by atoms with Crippen molar-refractivity contribution in [3.8, 4) is 17.7 Å². The van der Waals surface area contributed by atoms with E-state index in [1.165, 1.54) is 24.3 Å². The van der Waals surface area contributed by atoms with E-state index in [1.807, 2.05) is 6.07 Å². The van der Waals surface area contributed by atoms with Gasteiger partial charge in [-0.1, -0.05) is 23.2 Å². The maximum atomic E-state index is 12.7. The molecule has 0 aliphatic rings. The van der Waals surface area contributed by atoms with Gasteiger partial charge < -0.3 is 10.1 Å². The minimum atomic E-state index is -4.64. The summed E-state index contributed by atoms with van der Waals surface area (Å²) in [5.41, 5.74) is -1.55. The first kappa shape index (κ1) is 23.8. The van der Waals surface area contributed by atoms with E-state index < -0.39 is 27.6 Å². The van der Waals surface area contributed by atoms with Crippen LogP contribution < -0.4 is 10.1 Å². The zero-order valence-electron chi connectivity index (χ0n) is 16.0. The number of hydrogen-bond acceptors (Lipinski definition) is 6. The maximum absolute atomic E-state index is 12.7. The number of non-ortho nitro benzene ring substituents is 1. The highest BCUT2D eigenvalue weighted by atomic mass is 35.5. The summed E-state index contributed by atoms with van der Waals surface area (Å²) in [7, 11) is 0. The highest BCUT2D eigenvalue weighted by Crippen LogP contribution is 2.36. The fourth-order valence-corrected chi connectivity index (χ4v) is 2.95. The van der Waals surface area contributed by atoms with Crippen LogP contribution in [0.4, 0.5) is 24.5 Å². The van der Waals surface area contributed by atoms with Gasteiger partial charge in [0.15, 0.2) is 0 Å². The van der Waals surface area contributed by atoms with Crippen LogP contribution in [0.5, 0.6) is 11.6 Å². The van der Waals surface area contributed by atoms with E-state index in [-0.39, 0.29) is 39.2 Å². The number of pyridine rings is 1. The lowest BCUT2D eigenvalue weighted by Crippen LogP contribution is -2.13. The molecule has 0 aliphatic carbocycles. The van der Waals surface area contributed by atoms with Crippen molar-refractivity contribution >= 4 is 40.5 Å². The minimum Gasteiger partial charge on any atom is -0.436 e. The summed E-state index contributed by atoms with van der Waals surface area (Å²) in [6.45, 7) is 0. The van der Waals surface area contributed by atoms with Gasteiger partial charge in [-0.2, -0.15) is 18.4 Å². The molecule has 2 aromatic carbocycles. The van der Waals surface area contributed by atoms with Crippen molar-refractivity contribution in [2.45, 2.75) is 6.18 Å². The molecule has 0 spiro atoms. The lowest BCUT2D eigenvalue weighted by molar-refractivity contribution is -0.384. The smallest absolute Gasteiger partial charge is 0.417 e. The molecule has 1 heterocycles. The van der Waals surface area contributed by atoms with Gasteiger partial charge in [0.1, 0.15) is 16.8 Å². The predicted molar refractivity (Wildman–Crippen MR) is 112 cm³/mol. The molecular weight excluding hydrogens is 488 g/mol. The summed E-state index contributed by atoms with van der Waals surface area (Å²) in [6.07, 6.45) is -4.11. The zero-order chi connectivity index (χ0) is 24.3. The lowest BCUT2D eigenvalue weighted by Gasteiger charge is -2.12. The van der Waals surface area contributed by atoms with Crippen molar-refractivity contribution in [3.05, 3.63) is 85.5 Å². The van der Waals surface area contributed by atoms with Crippen molar-refractivity contribution in [2.24, 2.45) is 0 Å². The number of nitro groups is 1. The average Bonchev–Trinajstić information content (AvgIpc) is 2.75. The van der Waals surface area contributed by atoms with Crippen molar-refractivity contribution in [1.29, 1.82) is 5.26 Å². The fraction of sp³-hybridized carbons (Fsp3) is 0.0500. The summed E-state index contributed by atoms with van der Waals surface area (Å²) in [5.74, 6) is -1.21. The average molecular weight is 497 g/mol. The van der Waals surface area contributed by atoms with E-state index in [4.69, 9.17) is 27.9 Å². The number of aromatic nitrogens is 1. The van der Waals surface area contributed by atoms with Crippen LogP contribution in [0, 0.1) is 21.4 Å². The van der Waals surface area contributed by atoms with E-state index >= 15 is 0 Å². The number of halogens is 5. The number of carbonyl (C=O) groups excluding carboxylic acids is 1. The van der Waals surface area contributed by atoms with Crippen LogP contribution in [0.1, 0.15) is 21.5 Å². The van der Waals surface area contributed by atoms with Gasteiger partial charge in [0.2, 0.25) is 5.88 Å². The first-order valence-electron chi connectivity index (χ1n) is 8.69. The van der Waals surface area contributed by atoms with Crippen LogP contribution in [0.25, 0.3) is 0 Å². The highest BCUT2D eigenvalue weighted by Gasteiger charge is 2.32. The van der Waals surface area contributed by atoms with Gasteiger partial charge in [0.05, 0.1) is 26.6 Å². The zero-order valence-corrected chi connectivity index (χ0v) is 17.5. The number of anilines is 1. The van der Waals surface area contributed by atoms with Gasteiger partial charge in [0, 0.05) is 24.0 Å². The normalized spacial score (nSPS) is 10.9. The fourth-order valence-electron chi connectivity index (χ4n) is 2.54. The second-order valence-corrected chi connectivity index (χ2v) is 7.12. The highest BCUT2D eigenvalue weighted by molar-refractivity contribution is 6.34. The molecule has 0 bridgehead atoms. The van der Waals surface area contributed by atoms with Crippen LogP contribution in [0.15, 0.2) is 48.7 Å². The van der Waals surface area contributed by atoms with E-state index in [9.17, 15) is 33.3 Å². The Morgan fingerprint density at radius 3 is 2.48 bits per heavy atom. The summed E-state index contributed by atoms with van der Waals surface area (Å²) < 4.78 is 43.6. The number of alkyl halides is 3. The first-order chi connectivity index (χ1) is 15.5. The summed E-state index contributed by atoms with van der Waals surface area (Å²) in [6, 6.07) is 9.60. The number of benzene rings is 2. The van der Waals surface area contributed by atoms with Gasteiger partial charge in [-0.3, -0.25) is 14.9 Å². The molecular formula is C20H9Cl2F3N4O4. The Morgan fingerprint density at radius 2 is 1.88 bits per heavy atom. The molecule has 3 aromatic rings. The molecule has 0 aliphatic heterocycles. The topological polar surface area (TPSA) is 118 Å². The molecule has 13 heteroatoms. The largest absolute Gasteiger partial charge is 0.436 e. The Balaban J connectivity index is 1.84. The van der Waals surface area contributed by atoms with E-state index in [0.29, 0.717) is 12.3 Å². The SMILES string of the molecule is N#Cc1cc(NC(=O)c2cc([N+](=O)[O-])ccc2Cl)ccc1Oc1ncc(C(F)(F)F)cc1Cl. The number of nitro benzene ring substituents is 1. The maximum Gasteiger partial charge on any atom is 0.417 e. The van der Waals surface area contributed by atoms with Crippen molar-refractivity contribution < 1.29 is 27.6 Å². The molecule has 0 fully saturated rings. The van der Waals surface area contributed by atoms with E-state index in [0.717, 1.165) is 12.1 Å². The van der Waals surface area contributed by atoms with E-state index in [1.54, 1.807) is 0 Å². The third kappa shape index (κ3) is 5.49. The quantitative estimate of drug-likeness (QED) is 0.330. The van der Waals surface area contributed by atoms with Gasteiger partial charge in [-0.15, -0.1) is 0 Å². The molecule has 1 N–H and O–H groups in total. The molecule has 0 saturated heterocycles. The molecule has 168 valence electrons. The van der Waals surface area contributed by atoms with Gasteiger partial charge in [0.25, 0.3) is 11.6 Å². The number of ether oxygens (including phenoxy) is 1. The van der Waals surface area contributed by atoms with Crippen LogP contribution in [0.2, 0.25) is 10.0 Å². The Kier molecular flexibility index (Phi) is 6.71. The molecule has 1 aromatic heterocycles. The standard InChI is InChI=1S/C20H9Cl2F3N4O4/c21-15-3-2-13(29(31)32)7-14(15)18(30)28-12-1-4-17(10(5-12)8-26)33-19-16(22)6-11(9-27-19)20(23,24)25/h1-7,9H,(H,28,30). The molecule has 0 radical (unpaired) electrons. The second-order valence-electron chi connectivity index (χ2n) is 6.31. The number of nitrogens with one attached hydrogen (secondary N) is 1. The summed E-state index contributed by atoms with van der Waals surface area (Å²) in [5, 5.41) is 22.3. The molecule has 0 atom stereocenters. The molecule has 33 heavy (non-hydrogen) atoms. The molecule has 3 rings (SSSR count). The van der Waals surface area contributed by atoms with E-state index in [2.05, 4.69) is 10.3 Å². The van der Waals surface area contributed by atoms with Crippen LogP contribution >= 0.6 is 23.2 Å². The van der Waals surface area contributed by atoms with Gasteiger partial charge >= 0.3 is 6.18 Å². The van der Waals surface area contributed by atoms with Crippen LogP contribution in [-0.2, 0) is 6.18 Å². The van der Waals surface area contributed by atoms with Crippen LogP contribution in [-0.4, -0.2) is 15.8 Å². The Hall–Kier alpha value is -3.88. The van der Waals surface area contributed by atoms with Gasteiger partial charge in [-0.25, -0.2) is 4.98 Å². The Morgan fingerprint density at radius 1 is 1.15 bits per heavy atom. The van der Waals surface area contributed by atoms with Crippen molar-refractivity contribution in [1.82, 2.24) is 4.98 Å². The summed E-state index contributed by atoms with van der Waals surface area (Å²) >= 11 is 11.8. The third-order valence-electron chi connectivity index (χ3n) is 4.10. The molecule has 1 amide bonds. The number of nitrogens with zero attached hydrogens (tertiary/aromatic N) is 3. The number of nitriles is 1. The predicted octanol–water partition coefficient (Wildman–Crippen LogP) is 6.23. The Labute approximate surface area is 193 Å². The molecule has 0 saturated carbocycles. The molecule has 8 nitrogen and oxygen atoms in total. The van der Waals surface area contributed by atoms with Crippen molar-refractivity contribution in [3.63, 3.8) is 0 Å². The lowest BCUT2D eigenvalue weighted by atomic mass is 10.1. The number of hydrogen-bond donors (Lipinski definition) is 1. The van der Waals surface area contributed by atoms with Crippen LogP contribution in [0.3, 0.4) is 0 Å². The first-order valence-corrected chi connectivity index (χ1v) is 9.45. The Bertz CT molecular complexity index is 1310. The number of carbonyl (C=O) groups is 1. The summed E-state index contributed by atoms with van der Waals surface area (Å²) in [4.78, 5) is 26.3. The number of amides is 1. The number of rotatable bonds is 5. The third-order valence-corrected chi connectivity index (χ3v) is 4.71. The second kappa shape index (κ2) is 9.32. The van der Waals surface area contributed by atoms with Crippen molar-refractivity contribution in [2.75, 3.05) is 5.32 Å². The van der Waals surface area contributed by atoms with Gasteiger partial charge in [-0.05, 0) is 30.3 Å². The monoisotopic (exact) mass is 496 g/mol.